The van der Waals surface area contributed by atoms with Crippen LogP contribution in [0.15, 0.2) is 9.41 Å². The third-order valence-corrected chi connectivity index (χ3v) is 5.90. The monoisotopic (exact) mass is 432 g/mol. The Balaban J connectivity index is 1.62. The van der Waals surface area contributed by atoms with Crippen LogP contribution in [0.3, 0.4) is 0 Å². The molecule has 3 heterocycles. The van der Waals surface area contributed by atoms with E-state index >= 15 is 0 Å². The average Bonchev–Trinajstić information content (AvgIpc) is 3.17. The van der Waals surface area contributed by atoms with Crippen molar-refractivity contribution in [2.24, 2.45) is 27.6 Å². The standard InChI is InChI=1S/C13H20N8O7S/c14-10(15)17-4-7(22)9-19-18-8(27-9)6-3-12(1-2-12)13(16)5-20(6)11(23)21(13)28-29(24,25)26/h6-7,22H,1-5,16H2,(H4,14,15,17)(H,24,25,26)/t6-,7-,13-/m0/s1. The van der Waals surface area contributed by atoms with E-state index in [1.54, 1.807) is 0 Å². The van der Waals surface area contributed by atoms with E-state index in [-0.39, 0.29) is 30.8 Å². The number of aromatic nitrogens is 2. The molecule has 160 valence electrons. The molecule has 0 radical (unpaired) electrons. The molecule has 1 aromatic heterocycles. The van der Waals surface area contributed by atoms with Gasteiger partial charge in [-0.3, -0.25) is 9.55 Å². The highest BCUT2D eigenvalue weighted by atomic mass is 32.3. The highest BCUT2D eigenvalue weighted by Crippen LogP contribution is 2.65. The van der Waals surface area contributed by atoms with Crippen molar-refractivity contribution in [3.63, 3.8) is 0 Å². The van der Waals surface area contributed by atoms with Crippen molar-refractivity contribution in [1.82, 2.24) is 20.2 Å². The van der Waals surface area contributed by atoms with Gasteiger partial charge in [0.25, 0.3) is 0 Å². The van der Waals surface area contributed by atoms with Crippen molar-refractivity contribution in [1.29, 1.82) is 0 Å². The SMILES string of the molecule is NC(N)=NC[C@H](O)c1nnc([C@@H]2CC3(CC3)[C@]3(N)CN2C(=O)N3OS(=O)(=O)O)o1. The van der Waals surface area contributed by atoms with Crippen LogP contribution in [0.5, 0.6) is 0 Å². The number of fused-ring (bicyclic) bond motifs is 3. The van der Waals surface area contributed by atoms with Crippen molar-refractivity contribution in [3.8, 4) is 0 Å². The molecule has 2 aliphatic heterocycles. The predicted octanol–water partition coefficient (Wildman–Crippen LogP) is -2.27. The summed E-state index contributed by atoms with van der Waals surface area (Å²) in [6.45, 7) is -0.261. The third kappa shape index (κ3) is 3.18. The lowest BCUT2D eigenvalue weighted by Crippen LogP contribution is -2.63. The number of hydrogen-bond donors (Lipinski definition) is 5. The molecule has 3 atom stereocenters. The fraction of sp³-hybridized carbons (Fsp3) is 0.692. The van der Waals surface area contributed by atoms with Crippen LogP contribution in [-0.2, 0) is 14.7 Å². The minimum Gasteiger partial charge on any atom is -0.420 e. The summed E-state index contributed by atoms with van der Waals surface area (Å²) in [5.74, 6) is -0.316. The van der Waals surface area contributed by atoms with Gasteiger partial charge in [0.15, 0.2) is 12.1 Å². The van der Waals surface area contributed by atoms with Crippen LogP contribution in [0.4, 0.5) is 4.79 Å². The molecule has 1 aliphatic carbocycles. The molecule has 2 bridgehead atoms. The second kappa shape index (κ2) is 6.23. The Morgan fingerprint density at radius 1 is 1.41 bits per heavy atom. The number of piperidine rings is 1. The number of urea groups is 1. The fourth-order valence-electron chi connectivity index (χ4n) is 3.95. The quantitative estimate of drug-likeness (QED) is 0.182. The number of hydroxylamine groups is 2. The number of aliphatic hydroxyl groups is 1. The zero-order valence-corrected chi connectivity index (χ0v) is 15.8. The van der Waals surface area contributed by atoms with Gasteiger partial charge in [-0.15, -0.1) is 14.5 Å². The van der Waals surface area contributed by atoms with E-state index < -0.39 is 39.7 Å². The van der Waals surface area contributed by atoms with Crippen molar-refractivity contribution in [2.75, 3.05) is 13.1 Å². The van der Waals surface area contributed by atoms with Crippen LogP contribution in [0, 0.1) is 5.41 Å². The molecular formula is C13H20N8O7S. The Bertz CT molecular complexity index is 972. The van der Waals surface area contributed by atoms with Crippen molar-refractivity contribution in [2.45, 2.75) is 37.1 Å². The van der Waals surface area contributed by atoms with Gasteiger partial charge in [-0.2, -0.15) is 13.5 Å². The molecule has 2 amide bonds. The van der Waals surface area contributed by atoms with Gasteiger partial charge in [0.2, 0.25) is 11.8 Å². The van der Waals surface area contributed by atoms with Crippen molar-refractivity contribution < 1.29 is 31.6 Å². The molecule has 0 unspecified atom stereocenters. The number of aliphatic imine (C=N–C) groups is 1. The van der Waals surface area contributed by atoms with Crippen LogP contribution >= 0.6 is 0 Å². The molecule has 4 rings (SSSR count). The van der Waals surface area contributed by atoms with Gasteiger partial charge in [-0.1, -0.05) is 0 Å². The van der Waals surface area contributed by atoms with E-state index in [2.05, 4.69) is 19.5 Å². The number of nitrogens with two attached hydrogens (primary N) is 3. The average molecular weight is 432 g/mol. The number of rotatable bonds is 6. The van der Waals surface area contributed by atoms with Gasteiger partial charge >= 0.3 is 16.4 Å². The first-order chi connectivity index (χ1) is 13.5. The maximum Gasteiger partial charge on any atom is 0.418 e. The van der Waals surface area contributed by atoms with E-state index in [0.717, 1.165) is 0 Å². The highest BCUT2D eigenvalue weighted by molar-refractivity contribution is 7.80. The third-order valence-electron chi connectivity index (χ3n) is 5.57. The Morgan fingerprint density at radius 2 is 2.10 bits per heavy atom. The van der Waals surface area contributed by atoms with E-state index in [1.165, 1.54) is 4.90 Å². The van der Waals surface area contributed by atoms with Gasteiger partial charge < -0.3 is 31.6 Å². The molecule has 0 aromatic carbocycles. The molecular weight excluding hydrogens is 412 g/mol. The zero-order valence-electron chi connectivity index (χ0n) is 15.0. The van der Waals surface area contributed by atoms with Gasteiger partial charge in [0, 0.05) is 5.41 Å². The number of aliphatic hydroxyl groups excluding tert-OH is 1. The topological polar surface area (TPSA) is 237 Å². The van der Waals surface area contributed by atoms with Crippen LogP contribution in [-0.4, -0.2) is 69.0 Å². The lowest BCUT2D eigenvalue weighted by Gasteiger charge is -2.42. The van der Waals surface area contributed by atoms with E-state index in [1.807, 2.05) is 0 Å². The maximum atomic E-state index is 12.8. The van der Waals surface area contributed by atoms with Crippen LogP contribution in [0.1, 0.15) is 43.2 Å². The lowest BCUT2D eigenvalue weighted by molar-refractivity contribution is -0.111. The highest BCUT2D eigenvalue weighted by Gasteiger charge is 2.72. The summed E-state index contributed by atoms with van der Waals surface area (Å²) in [5, 5.41) is 18.2. The summed E-state index contributed by atoms with van der Waals surface area (Å²) in [4.78, 5) is 17.7. The van der Waals surface area contributed by atoms with Gasteiger partial charge in [-0.05, 0) is 19.3 Å². The fourth-order valence-corrected chi connectivity index (χ4v) is 4.33. The second-order valence-corrected chi connectivity index (χ2v) is 8.40. The molecule has 3 aliphatic rings. The minimum atomic E-state index is -4.96. The molecule has 1 saturated carbocycles. The molecule has 1 aromatic rings. The molecule has 16 heteroatoms. The number of guanidine groups is 1. The summed E-state index contributed by atoms with van der Waals surface area (Å²) < 4.78 is 41.5. The first-order valence-corrected chi connectivity index (χ1v) is 9.96. The van der Waals surface area contributed by atoms with E-state index in [0.29, 0.717) is 24.3 Å². The molecule has 29 heavy (non-hydrogen) atoms. The van der Waals surface area contributed by atoms with Crippen molar-refractivity contribution in [3.05, 3.63) is 11.8 Å². The van der Waals surface area contributed by atoms with E-state index in [4.69, 9.17) is 26.2 Å². The first kappa shape index (κ1) is 19.8. The van der Waals surface area contributed by atoms with Gasteiger partial charge in [-0.25, -0.2) is 4.79 Å². The number of carbonyl (C=O) groups is 1. The van der Waals surface area contributed by atoms with Crippen LogP contribution < -0.4 is 17.2 Å². The summed E-state index contributed by atoms with van der Waals surface area (Å²) in [5.41, 5.74) is 14.7. The number of carbonyl (C=O) groups excluding carboxylic acids is 1. The normalized spacial score (nSPS) is 28.7. The molecule has 1 spiro atoms. The van der Waals surface area contributed by atoms with Gasteiger partial charge in [0.1, 0.15) is 11.7 Å². The number of amides is 2. The van der Waals surface area contributed by atoms with Crippen molar-refractivity contribution >= 4 is 22.4 Å². The first-order valence-electron chi connectivity index (χ1n) is 8.59. The molecule has 8 N–H and O–H groups in total. The zero-order chi connectivity index (χ0) is 21.2. The summed E-state index contributed by atoms with van der Waals surface area (Å²) in [6, 6.07) is -1.58. The minimum absolute atomic E-state index is 0.0409. The Kier molecular flexibility index (Phi) is 4.25. The summed E-state index contributed by atoms with van der Waals surface area (Å²) in [7, 11) is -4.96. The predicted molar refractivity (Wildman–Crippen MR) is 92.5 cm³/mol. The summed E-state index contributed by atoms with van der Waals surface area (Å²) in [6.07, 6.45) is 0.284. The van der Waals surface area contributed by atoms with Crippen LogP contribution in [0.2, 0.25) is 0 Å². The maximum absolute atomic E-state index is 12.8. The van der Waals surface area contributed by atoms with Gasteiger partial charge in [0.05, 0.1) is 13.1 Å². The molecule has 3 fully saturated rings. The Labute approximate surface area is 164 Å². The summed E-state index contributed by atoms with van der Waals surface area (Å²) >= 11 is 0. The Morgan fingerprint density at radius 3 is 2.69 bits per heavy atom. The molecule has 15 nitrogen and oxygen atoms in total. The van der Waals surface area contributed by atoms with Crippen LogP contribution in [0.25, 0.3) is 0 Å². The van der Waals surface area contributed by atoms with E-state index in [9.17, 15) is 18.3 Å². The largest absolute Gasteiger partial charge is 0.420 e. The Hall–Kier alpha value is -2.53. The smallest absolute Gasteiger partial charge is 0.418 e. The number of hydrogen-bond acceptors (Lipinski definition) is 10. The molecule has 2 saturated heterocycles. The number of nitrogens with zero attached hydrogens (tertiary/aromatic N) is 5. The second-order valence-electron chi connectivity index (χ2n) is 7.39. The lowest BCUT2D eigenvalue weighted by atomic mass is 9.80.